The van der Waals surface area contributed by atoms with E-state index in [-0.39, 0.29) is 19.4 Å². The molecule has 0 radical (unpaired) electrons. The van der Waals surface area contributed by atoms with E-state index in [2.05, 4.69) is 74.7 Å². The summed E-state index contributed by atoms with van der Waals surface area (Å²) in [5.41, 5.74) is 0. The Morgan fingerprint density at radius 2 is 0.831 bits per heavy atom. The first kappa shape index (κ1) is 78.4. The standard InChI is InChI=1S/C72H131NO10/c1-4-7-10-13-16-19-22-25-27-29-30-31-32-33-34-35-36-37-39-42-45-48-51-54-57-60-67(77)83-70-69(79)68(78)66(61-74)82-72(70)81-62-63(64(75)58-55-52-49-46-43-40-24-21-18-15-12-9-6-3)73-71(80)65(76)59-56-53-50-47-44-41-38-28-26-23-20-17-14-11-8-5-2/h16-17,19-20,25-28,55,58,63-66,68-70,72,74-76,78-79H,4-15,18,21-24,29-54,56-57,59-62H2,1-3H3,(H,73,80)/b19-16-,20-17-,27-25-,28-26-,58-55+. The highest BCUT2D eigenvalue weighted by atomic mass is 16.7. The quantitative estimate of drug-likeness (QED) is 0.0195. The van der Waals surface area contributed by atoms with Gasteiger partial charge in [0.25, 0.3) is 0 Å². The van der Waals surface area contributed by atoms with Gasteiger partial charge in [0.15, 0.2) is 12.4 Å². The average Bonchev–Trinajstić information content (AvgIpc) is 3.58. The number of hydrogen-bond acceptors (Lipinski definition) is 10. The van der Waals surface area contributed by atoms with Crippen molar-refractivity contribution in [1.82, 2.24) is 5.32 Å². The van der Waals surface area contributed by atoms with Gasteiger partial charge in [0.2, 0.25) is 5.91 Å². The van der Waals surface area contributed by atoms with Crippen molar-refractivity contribution in [3.63, 3.8) is 0 Å². The summed E-state index contributed by atoms with van der Waals surface area (Å²) in [6.07, 6.45) is 65.4. The molecule has 0 aromatic rings. The highest BCUT2D eigenvalue weighted by Crippen LogP contribution is 2.26. The Morgan fingerprint density at radius 3 is 1.25 bits per heavy atom. The molecule has 1 amide bonds. The van der Waals surface area contributed by atoms with Gasteiger partial charge in [-0.3, -0.25) is 9.59 Å². The summed E-state index contributed by atoms with van der Waals surface area (Å²) in [6.45, 7) is 5.77. The topological polar surface area (TPSA) is 175 Å². The number of carbonyl (C=O) groups is 2. The smallest absolute Gasteiger partial charge is 0.306 e. The largest absolute Gasteiger partial charge is 0.454 e. The molecule has 1 saturated heterocycles. The Labute approximate surface area is 509 Å². The van der Waals surface area contributed by atoms with Gasteiger partial charge in [0.1, 0.15) is 24.4 Å². The lowest BCUT2D eigenvalue weighted by atomic mass is 9.99. The van der Waals surface area contributed by atoms with Gasteiger partial charge in [0, 0.05) is 6.42 Å². The van der Waals surface area contributed by atoms with Crippen LogP contribution in [0.4, 0.5) is 0 Å². The van der Waals surface area contributed by atoms with Crippen LogP contribution in [-0.2, 0) is 23.8 Å². The Hall–Kier alpha value is -2.64. The number of rotatable bonds is 60. The molecule has 83 heavy (non-hydrogen) atoms. The molecule has 1 fully saturated rings. The lowest BCUT2D eigenvalue weighted by Crippen LogP contribution is -2.61. The molecule has 1 aliphatic heterocycles. The van der Waals surface area contributed by atoms with E-state index in [0.29, 0.717) is 12.8 Å². The number of carbonyl (C=O) groups excluding carboxylic acids is 2. The number of aliphatic hydroxyl groups excluding tert-OH is 5. The number of allylic oxidation sites excluding steroid dienone is 9. The zero-order valence-electron chi connectivity index (χ0n) is 53.8. The van der Waals surface area contributed by atoms with E-state index < -0.39 is 67.4 Å². The minimum absolute atomic E-state index is 0.123. The van der Waals surface area contributed by atoms with Crippen molar-refractivity contribution in [3.05, 3.63) is 60.8 Å². The molecule has 8 unspecified atom stereocenters. The van der Waals surface area contributed by atoms with Gasteiger partial charge in [-0.15, -0.1) is 0 Å². The number of amides is 1. The molecule has 1 aliphatic rings. The number of unbranched alkanes of at least 4 members (excludes halogenated alkanes) is 38. The fourth-order valence-corrected chi connectivity index (χ4v) is 10.8. The first-order chi connectivity index (χ1) is 40.7. The van der Waals surface area contributed by atoms with Crippen LogP contribution in [0.15, 0.2) is 60.8 Å². The van der Waals surface area contributed by atoms with E-state index in [1.807, 2.05) is 6.08 Å². The number of nitrogens with one attached hydrogen (secondary N) is 1. The third kappa shape index (κ3) is 47.2. The summed E-state index contributed by atoms with van der Waals surface area (Å²) in [7, 11) is 0. The van der Waals surface area contributed by atoms with Crippen LogP contribution in [0, 0.1) is 0 Å². The summed E-state index contributed by atoms with van der Waals surface area (Å²) in [5.74, 6) is -1.19. The molecule has 0 saturated carbocycles. The van der Waals surface area contributed by atoms with E-state index in [0.717, 1.165) is 89.9 Å². The average molecular weight is 1170 g/mol. The maximum Gasteiger partial charge on any atom is 0.306 e. The van der Waals surface area contributed by atoms with Crippen molar-refractivity contribution >= 4 is 11.9 Å². The predicted octanol–water partition coefficient (Wildman–Crippen LogP) is 17.7. The van der Waals surface area contributed by atoms with E-state index in [4.69, 9.17) is 14.2 Å². The summed E-state index contributed by atoms with van der Waals surface area (Å²) in [4.78, 5) is 26.7. The Morgan fingerprint density at radius 1 is 0.470 bits per heavy atom. The van der Waals surface area contributed by atoms with Gasteiger partial charge in [-0.05, 0) is 89.9 Å². The molecule has 0 aromatic carbocycles. The fraction of sp³-hybridized carbons (Fsp3) is 0.833. The van der Waals surface area contributed by atoms with Crippen molar-refractivity contribution in [2.24, 2.45) is 0 Å². The van der Waals surface area contributed by atoms with Crippen LogP contribution in [0.25, 0.3) is 0 Å². The van der Waals surface area contributed by atoms with Crippen molar-refractivity contribution in [2.45, 2.75) is 372 Å². The summed E-state index contributed by atoms with van der Waals surface area (Å²) in [5, 5.41) is 57.2. The first-order valence-electron chi connectivity index (χ1n) is 35.1. The zero-order chi connectivity index (χ0) is 60.3. The monoisotopic (exact) mass is 1170 g/mol. The molecular weight excluding hydrogens is 1040 g/mol. The molecule has 484 valence electrons. The third-order valence-corrected chi connectivity index (χ3v) is 16.4. The third-order valence-electron chi connectivity index (χ3n) is 16.4. The van der Waals surface area contributed by atoms with Crippen LogP contribution in [0.5, 0.6) is 0 Å². The van der Waals surface area contributed by atoms with Gasteiger partial charge < -0.3 is 45.1 Å². The number of ether oxygens (including phenoxy) is 3. The Bertz CT molecular complexity index is 1580. The van der Waals surface area contributed by atoms with Crippen LogP contribution in [0.3, 0.4) is 0 Å². The molecule has 0 bridgehead atoms. The lowest BCUT2D eigenvalue weighted by molar-refractivity contribution is -0.305. The van der Waals surface area contributed by atoms with Crippen molar-refractivity contribution in [2.75, 3.05) is 13.2 Å². The molecule has 0 aromatic heterocycles. The minimum atomic E-state index is -1.62. The van der Waals surface area contributed by atoms with Gasteiger partial charge in [-0.1, -0.05) is 287 Å². The highest BCUT2D eigenvalue weighted by molar-refractivity contribution is 5.80. The predicted molar refractivity (Wildman–Crippen MR) is 347 cm³/mol. The number of esters is 1. The molecule has 1 rings (SSSR count). The van der Waals surface area contributed by atoms with E-state index in [1.54, 1.807) is 6.08 Å². The van der Waals surface area contributed by atoms with Crippen molar-refractivity contribution in [1.29, 1.82) is 0 Å². The van der Waals surface area contributed by atoms with Gasteiger partial charge >= 0.3 is 5.97 Å². The van der Waals surface area contributed by atoms with Crippen molar-refractivity contribution < 1.29 is 49.3 Å². The van der Waals surface area contributed by atoms with Gasteiger partial charge in [-0.25, -0.2) is 0 Å². The van der Waals surface area contributed by atoms with Crippen LogP contribution in [-0.4, -0.2) is 99.6 Å². The molecule has 11 nitrogen and oxygen atoms in total. The molecular formula is C72H131NO10. The maximum atomic E-state index is 13.5. The Balaban J connectivity index is 2.58. The molecule has 11 heteroatoms. The van der Waals surface area contributed by atoms with Crippen LogP contribution in [0.1, 0.15) is 323 Å². The highest BCUT2D eigenvalue weighted by Gasteiger charge is 2.47. The van der Waals surface area contributed by atoms with E-state index in [9.17, 15) is 35.1 Å². The molecule has 6 N–H and O–H groups in total. The number of aliphatic hydroxyl groups is 5. The second kappa shape index (κ2) is 59.7. The molecule has 1 heterocycles. The maximum absolute atomic E-state index is 13.5. The normalized spacial score (nSPS) is 18.9. The van der Waals surface area contributed by atoms with E-state index in [1.165, 1.54) is 186 Å². The van der Waals surface area contributed by atoms with Gasteiger partial charge in [0.05, 0.1) is 25.4 Å². The van der Waals surface area contributed by atoms with E-state index >= 15 is 0 Å². The summed E-state index contributed by atoms with van der Waals surface area (Å²) < 4.78 is 17.7. The lowest BCUT2D eigenvalue weighted by Gasteiger charge is -2.41. The fourth-order valence-electron chi connectivity index (χ4n) is 10.8. The van der Waals surface area contributed by atoms with Crippen LogP contribution < -0.4 is 5.32 Å². The minimum Gasteiger partial charge on any atom is -0.454 e. The summed E-state index contributed by atoms with van der Waals surface area (Å²) >= 11 is 0. The number of hydrogen-bond donors (Lipinski definition) is 6. The Kier molecular flexibility index (Phi) is 56.4. The molecule has 8 atom stereocenters. The summed E-state index contributed by atoms with van der Waals surface area (Å²) in [6, 6.07) is -1.03. The van der Waals surface area contributed by atoms with Crippen molar-refractivity contribution in [3.8, 4) is 0 Å². The SMILES string of the molecule is CCCCC/C=C\C/C=C\CCCCCCCCCCCCCCCCCC(=O)OC1C(OCC(NC(=O)C(O)CCCCCCCC/C=C\C/C=C\CCCCC)C(O)/C=C/CCCCCCCCCCCCC)OC(CO)C(O)C1O. The second-order valence-electron chi connectivity index (χ2n) is 24.3. The molecule has 0 spiro atoms. The van der Waals surface area contributed by atoms with Gasteiger partial charge in [-0.2, -0.15) is 0 Å². The van der Waals surface area contributed by atoms with Crippen LogP contribution in [0.2, 0.25) is 0 Å². The molecule has 0 aliphatic carbocycles. The zero-order valence-corrected chi connectivity index (χ0v) is 53.8. The van der Waals surface area contributed by atoms with Crippen LogP contribution >= 0.6 is 0 Å². The first-order valence-corrected chi connectivity index (χ1v) is 35.1. The second-order valence-corrected chi connectivity index (χ2v) is 24.3.